The van der Waals surface area contributed by atoms with Gasteiger partial charge in [-0.1, -0.05) is 5.18 Å². The Labute approximate surface area is 57.1 Å². The average Bonchev–Trinajstić information content (AvgIpc) is 1.88. The first-order chi connectivity index (χ1) is 4.75. The van der Waals surface area contributed by atoms with E-state index in [9.17, 15) is 9.70 Å². The third kappa shape index (κ3) is 1.12. The maximum Gasteiger partial charge on any atom is 0.252 e. The molecule has 1 amide bonds. The molecule has 0 saturated carbocycles. The normalized spacial score (nSPS) is 33.1. The molecule has 0 bridgehead atoms. The van der Waals surface area contributed by atoms with Crippen LogP contribution in [0.1, 0.15) is 0 Å². The maximum atomic E-state index is 10.7. The van der Waals surface area contributed by atoms with Gasteiger partial charge in [-0.05, 0) is 0 Å². The van der Waals surface area contributed by atoms with Gasteiger partial charge in [0.2, 0.25) is 0 Å². The first kappa shape index (κ1) is 7.10. The Hall–Kier alpha value is -1.01. The summed E-state index contributed by atoms with van der Waals surface area (Å²) in [4.78, 5) is 20.7. The first-order valence-corrected chi connectivity index (χ1v) is 2.85. The molecular weight excluding hydrogens is 136 g/mol. The molecule has 6 nitrogen and oxygen atoms in total. The Morgan fingerprint density at radius 1 is 1.70 bits per heavy atom. The van der Waals surface area contributed by atoms with E-state index in [1.54, 1.807) is 0 Å². The zero-order chi connectivity index (χ0) is 7.56. The lowest BCUT2D eigenvalue weighted by molar-refractivity contribution is -0.124. The van der Waals surface area contributed by atoms with Gasteiger partial charge in [-0.3, -0.25) is 10.1 Å². The van der Waals surface area contributed by atoms with Gasteiger partial charge in [0.25, 0.3) is 5.91 Å². The van der Waals surface area contributed by atoms with Crippen molar-refractivity contribution in [2.24, 2.45) is 10.9 Å². The second-order valence-corrected chi connectivity index (χ2v) is 2.00. The van der Waals surface area contributed by atoms with Crippen LogP contribution < -0.4 is 16.4 Å². The standard InChI is InChI=1S/C4H8N4O2/c5-3-2(8-10)4(9)7-1-6-3/h2-3,6H,1,5H2,(H,7,9). The second kappa shape index (κ2) is 2.72. The van der Waals surface area contributed by atoms with Crippen molar-refractivity contribution in [2.75, 3.05) is 6.67 Å². The van der Waals surface area contributed by atoms with E-state index in [0.29, 0.717) is 6.67 Å². The number of nitrogens with two attached hydrogens (primary N) is 1. The molecule has 1 heterocycles. The molecular formula is C4H8N4O2. The molecule has 0 aliphatic carbocycles. The zero-order valence-corrected chi connectivity index (χ0v) is 5.20. The van der Waals surface area contributed by atoms with E-state index in [0.717, 1.165) is 0 Å². The van der Waals surface area contributed by atoms with Crippen LogP contribution in [0, 0.1) is 4.91 Å². The fourth-order valence-corrected chi connectivity index (χ4v) is 0.749. The summed E-state index contributed by atoms with van der Waals surface area (Å²) in [5, 5.41) is 7.62. The van der Waals surface area contributed by atoms with Crippen molar-refractivity contribution in [1.29, 1.82) is 0 Å². The van der Waals surface area contributed by atoms with Crippen LogP contribution in [-0.4, -0.2) is 24.8 Å². The van der Waals surface area contributed by atoms with Crippen molar-refractivity contribution >= 4 is 5.91 Å². The first-order valence-electron chi connectivity index (χ1n) is 2.85. The molecule has 0 aromatic carbocycles. The van der Waals surface area contributed by atoms with E-state index in [1.807, 2.05) is 0 Å². The monoisotopic (exact) mass is 144 g/mol. The maximum absolute atomic E-state index is 10.7. The Kier molecular flexibility index (Phi) is 1.93. The second-order valence-electron chi connectivity index (χ2n) is 2.00. The lowest BCUT2D eigenvalue weighted by Gasteiger charge is -2.23. The van der Waals surface area contributed by atoms with E-state index in [1.165, 1.54) is 0 Å². The molecule has 1 saturated heterocycles. The van der Waals surface area contributed by atoms with Gasteiger partial charge in [0.1, 0.15) is 0 Å². The number of nitrogens with one attached hydrogen (secondary N) is 2. The van der Waals surface area contributed by atoms with Crippen LogP contribution in [0.4, 0.5) is 0 Å². The minimum atomic E-state index is -0.992. The number of hydrogen-bond donors (Lipinski definition) is 3. The molecule has 0 aromatic rings. The van der Waals surface area contributed by atoms with Crippen LogP contribution in [0.3, 0.4) is 0 Å². The van der Waals surface area contributed by atoms with Crippen LogP contribution in [0.2, 0.25) is 0 Å². The summed E-state index contributed by atoms with van der Waals surface area (Å²) in [7, 11) is 0. The number of hydrogen-bond acceptors (Lipinski definition) is 5. The van der Waals surface area contributed by atoms with Gasteiger partial charge in [-0.25, -0.2) is 0 Å². The molecule has 1 aliphatic rings. The summed E-state index contributed by atoms with van der Waals surface area (Å²) in [6, 6.07) is -0.992. The van der Waals surface area contributed by atoms with Gasteiger partial charge < -0.3 is 11.1 Å². The zero-order valence-electron chi connectivity index (χ0n) is 5.20. The minimum Gasteiger partial charge on any atom is -0.341 e. The van der Waals surface area contributed by atoms with Crippen molar-refractivity contribution < 1.29 is 4.79 Å². The summed E-state index contributed by atoms with van der Waals surface area (Å²) in [5.41, 5.74) is 5.31. The molecule has 10 heavy (non-hydrogen) atoms. The third-order valence-electron chi connectivity index (χ3n) is 1.32. The molecule has 4 N–H and O–H groups in total. The predicted octanol–water partition coefficient (Wildman–Crippen LogP) is -1.92. The van der Waals surface area contributed by atoms with E-state index in [2.05, 4.69) is 15.8 Å². The number of rotatable bonds is 1. The van der Waals surface area contributed by atoms with Crippen molar-refractivity contribution in [3.63, 3.8) is 0 Å². The third-order valence-corrected chi connectivity index (χ3v) is 1.32. The predicted molar refractivity (Wildman–Crippen MR) is 33.7 cm³/mol. The van der Waals surface area contributed by atoms with Gasteiger partial charge in [0, 0.05) is 0 Å². The summed E-state index contributed by atoms with van der Waals surface area (Å²) < 4.78 is 0. The minimum absolute atomic E-state index is 0.298. The highest BCUT2D eigenvalue weighted by molar-refractivity contribution is 5.83. The highest BCUT2D eigenvalue weighted by atomic mass is 16.3. The molecule has 0 aromatic heterocycles. The van der Waals surface area contributed by atoms with Crippen LogP contribution in [0.15, 0.2) is 5.18 Å². The molecule has 2 atom stereocenters. The largest absolute Gasteiger partial charge is 0.341 e. The van der Waals surface area contributed by atoms with Crippen molar-refractivity contribution in [3.05, 3.63) is 4.91 Å². The summed E-state index contributed by atoms with van der Waals surface area (Å²) >= 11 is 0. The van der Waals surface area contributed by atoms with Gasteiger partial charge in [-0.15, -0.1) is 4.91 Å². The number of nitrogens with zero attached hydrogens (tertiary/aromatic N) is 1. The fraction of sp³-hybridized carbons (Fsp3) is 0.750. The lowest BCUT2D eigenvalue weighted by atomic mass is 10.2. The van der Waals surface area contributed by atoms with Gasteiger partial charge in [0.15, 0.2) is 6.04 Å². The van der Waals surface area contributed by atoms with Crippen molar-refractivity contribution in [1.82, 2.24) is 10.6 Å². The molecule has 6 heteroatoms. The molecule has 0 radical (unpaired) electrons. The Bertz CT molecular complexity index is 159. The highest BCUT2D eigenvalue weighted by Gasteiger charge is 2.29. The SMILES string of the molecule is NC1NCNC(=O)C1N=O. The smallest absolute Gasteiger partial charge is 0.252 e. The van der Waals surface area contributed by atoms with Crippen LogP contribution >= 0.6 is 0 Å². The summed E-state index contributed by atoms with van der Waals surface area (Å²) in [5.74, 6) is -0.416. The molecule has 1 fully saturated rings. The summed E-state index contributed by atoms with van der Waals surface area (Å²) in [6.45, 7) is 0.298. The Morgan fingerprint density at radius 2 is 2.40 bits per heavy atom. The quantitative estimate of drug-likeness (QED) is 0.374. The molecule has 1 rings (SSSR count). The number of carbonyl (C=O) groups is 1. The Morgan fingerprint density at radius 3 is 2.80 bits per heavy atom. The van der Waals surface area contributed by atoms with Crippen LogP contribution in [0.5, 0.6) is 0 Å². The molecule has 1 aliphatic heterocycles. The van der Waals surface area contributed by atoms with Crippen LogP contribution in [-0.2, 0) is 4.79 Å². The van der Waals surface area contributed by atoms with E-state index in [4.69, 9.17) is 5.73 Å². The van der Waals surface area contributed by atoms with Gasteiger partial charge >= 0.3 is 0 Å². The average molecular weight is 144 g/mol. The van der Waals surface area contributed by atoms with Gasteiger partial charge in [0.05, 0.1) is 12.8 Å². The number of amides is 1. The Balaban J connectivity index is 2.62. The van der Waals surface area contributed by atoms with Crippen molar-refractivity contribution in [3.8, 4) is 0 Å². The van der Waals surface area contributed by atoms with Gasteiger partial charge in [-0.2, -0.15) is 0 Å². The lowest BCUT2D eigenvalue weighted by Crippen LogP contribution is -2.61. The molecule has 2 unspecified atom stereocenters. The fourth-order valence-electron chi connectivity index (χ4n) is 0.749. The topological polar surface area (TPSA) is 96.6 Å². The van der Waals surface area contributed by atoms with E-state index < -0.39 is 18.1 Å². The van der Waals surface area contributed by atoms with Crippen molar-refractivity contribution in [2.45, 2.75) is 12.2 Å². The summed E-state index contributed by atoms with van der Waals surface area (Å²) in [6.07, 6.45) is -0.647. The highest BCUT2D eigenvalue weighted by Crippen LogP contribution is 1.96. The molecule has 56 valence electrons. The number of nitroso groups, excluding NO2 is 1. The van der Waals surface area contributed by atoms with Crippen LogP contribution in [0.25, 0.3) is 0 Å². The van der Waals surface area contributed by atoms with E-state index in [-0.39, 0.29) is 0 Å². The number of carbonyl (C=O) groups excluding carboxylic acids is 1. The molecule has 0 spiro atoms. The van der Waals surface area contributed by atoms with E-state index >= 15 is 0 Å².